The Morgan fingerprint density at radius 1 is 1.14 bits per heavy atom. The molecule has 0 aliphatic heterocycles. The van der Waals surface area contributed by atoms with E-state index < -0.39 is 0 Å². The van der Waals surface area contributed by atoms with Crippen LogP contribution in [0.25, 0.3) is 0 Å². The number of anilines is 1. The van der Waals surface area contributed by atoms with Gasteiger partial charge in [-0.25, -0.2) is 4.98 Å². The molecule has 0 radical (unpaired) electrons. The SMILES string of the molecule is CNc1nc(C(C)(C)C)nc(OCCOCC(C)C)c1C. The fraction of sp³-hybridized carbons (Fsp3) is 0.750. The van der Waals surface area contributed by atoms with Crippen molar-refractivity contribution in [2.45, 2.75) is 47.0 Å². The number of nitrogens with one attached hydrogen (secondary N) is 1. The molecule has 0 aromatic carbocycles. The van der Waals surface area contributed by atoms with Crippen molar-refractivity contribution < 1.29 is 9.47 Å². The highest BCUT2D eigenvalue weighted by atomic mass is 16.5. The topological polar surface area (TPSA) is 56.3 Å². The molecular formula is C16H29N3O2. The molecule has 1 rings (SSSR count). The van der Waals surface area contributed by atoms with Crippen LogP contribution in [-0.4, -0.2) is 36.8 Å². The zero-order valence-electron chi connectivity index (χ0n) is 14.4. The van der Waals surface area contributed by atoms with Crippen molar-refractivity contribution in [1.82, 2.24) is 9.97 Å². The van der Waals surface area contributed by atoms with Crippen LogP contribution < -0.4 is 10.1 Å². The second-order valence-corrected chi connectivity index (χ2v) is 6.64. The summed E-state index contributed by atoms with van der Waals surface area (Å²) in [6.45, 7) is 14.3. The van der Waals surface area contributed by atoms with Gasteiger partial charge in [0.25, 0.3) is 0 Å². The fourth-order valence-corrected chi connectivity index (χ4v) is 1.73. The molecule has 1 N–H and O–H groups in total. The van der Waals surface area contributed by atoms with E-state index in [0.29, 0.717) is 25.0 Å². The summed E-state index contributed by atoms with van der Waals surface area (Å²) in [7, 11) is 1.86. The molecule has 0 saturated carbocycles. The number of rotatable bonds is 7. The van der Waals surface area contributed by atoms with Crippen molar-refractivity contribution in [3.8, 4) is 5.88 Å². The molecule has 0 saturated heterocycles. The lowest BCUT2D eigenvalue weighted by molar-refractivity contribution is 0.0802. The second-order valence-electron chi connectivity index (χ2n) is 6.64. The molecule has 0 fully saturated rings. The van der Waals surface area contributed by atoms with Gasteiger partial charge in [-0.3, -0.25) is 0 Å². The zero-order valence-corrected chi connectivity index (χ0v) is 14.4. The highest BCUT2D eigenvalue weighted by Crippen LogP contribution is 2.27. The molecular weight excluding hydrogens is 266 g/mol. The summed E-state index contributed by atoms with van der Waals surface area (Å²) in [5, 5.41) is 3.10. The van der Waals surface area contributed by atoms with Gasteiger partial charge in [-0.15, -0.1) is 0 Å². The third-order valence-electron chi connectivity index (χ3n) is 2.93. The first-order valence-electron chi connectivity index (χ1n) is 7.53. The van der Waals surface area contributed by atoms with E-state index >= 15 is 0 Å². The molecule has 0 spiro atoms. The van der Waals surface area contributed by atoms with Gasteiger partial charge in [0.2, 0.25) is 5.88 Å². The molecule has 120 valence electrons. The molecule has 5 heteroatoms. The summed E-state index contributed by atoms with van der Waals surface area (Å²) in [6, 6.07) is 0. The standard InChI is InChI=1S/C16H29N3O2/c1-11(2)10-20-8-9-21-14-12(3)13(17-7)18-15(19-14)16(4,5)6/h11H,8-10H2,1-7H3,(H,17,18,19). The minimum atomic E-state index is -0.119. The Bertz CT molecular complexity index is 454. The molecule has 1 heterocycles. The van der Waals surface area contributed by atoms with E-state index in [1.165, 1.54) is 0 Å². The third-order valence-corrected chi connectivity index (χ3v) is 2.93. The van der Waals surface area contributed by atoms with Crippen molar-refractivity contribution in [2.75, 3.05) is 32.2 Å². The van der Waals surface area contributed by atoms with Gasteiger partial charge in [-0.2, -0.15) is 4.98 Å². The largest absolute Gasteiger partial charge is 0.475 e. The predicted molar refractivity (Wildman–Crippen MR) is 86.2 cm³/mol. The number of ether oxygens (including phenoxy) is 2. The Hall–Kier alpha value is -1.36. The molecule has 1 aromatic heterocycles. The van der Waals surface area contributed by atoms with E-state index in [0.717, 1.165) is 23.8 Å². The normalized spacial score (nSPS) is 11.8. The van der Waals surface area contributed by atoms with Crippen LogP contribution in [0.4, 0.5) is 5.82 Å². The molecule has 0 aliphatic carbocycles. The summed E-state index contributed by atoms with van der Waals surface area (Å²) < 4.78 is 11.3. The van der Waals surface area contributed by atoms with Crippen molar-refractivity contribution in [1.29, 1.82) is 0 Å². The Morgan fingerprint density at radius 3 is 2.33 bits per heavy atom. The Labute approximate surface area is 128 Å². The van der Waals surface area contributed by atoms with E-state index in [9.17, 15) is 0 Å². The van der Waals surface area contributed by atoms with Crippen LogP contribution in [0, 0.1) is 12.8 Å². The van der Waals surface area contributed by atoms with Crippen LogP contribution in [0.5, 0.6) is 5.88 Å². The van der Waals surface area contributed by atoms with E-state index in [4.69, 9.17) is 9.47 Å². The molecule has 5 nitrogen and oxygen atoms in total. The second kappa shape index (κ2) is 7.59. The Kier molecular flexibility index (Phi) is 6.40. The highest BCUT2D eigenvalue weighted by molar-refractivity contribution is 5.48. The molecule has 0 unspecified atom stereocenters. The first kappa shape index (κ1) is 17.7. The highest BCUT2D eigenvalue weighted by Gasteiger charge is 2.21. The predicted octanol–water partition coefficient (Wildman–Crippen LogP) is 3.18. The van der Waals surface area contributed by atoms with Gasteiger partial charge in [-0.05, 0) is 12.8 Å². The van der Waals surface area contributed by atoms with E-state index in [2.05, 4.69) is 49.9 Å². The summed E-state index contributed by atoms with van der Waals surface area (Å²) in [6.07, 6.45) is 0. The van der Waals surface area contributed by atoms with E-state index in [1.807, 2.05) is 14.0 Å². The Morgan fingerprint density at radius 2 is 1.81 bits per heavy atom. The number of aromatic nitrogens is 2. The molecule has 1 aromatic rings. The lowest BCUT2D eigenvalue weighted by Crippen LogP contribution is -2.19. The van der Waals surface area contributed by atoms with Crippen molar-refractivity contribution >= 4 is 5.82 Å². The quantitative estimate of drug-likeness (QED) is 0.783. The van der Waals surface area contributed by atoms with Crippen LogP contribution in [0.1, 0.15) is 46.0 Å². The van der Waals surface area contributed by atoms with Gasteiger partial charge in [0.05, 0.1) is 12.2 Å². The molecule has 0 bridgehead atoms. The summed E-state index contributed by atoms with van der Waals surface area (Å²) >= 11 is 0. The molecule has 21 heavy (non-hydrogen) atoms. The number of hydrogen-bond donors (Lipinski definition) is 1. The molecule has 0 atom stereocenters. The van der Waals surface area contributed by atoms with Gasteiger partial charge in [0.15, 0.2) is 0 Å². The monoisotopic (exact) mass is 295 g/mol. The van der Waals surface area contributed by atoms with Crippen LogP contribution in [-0.2, 0) is 10.2 Å². The Balaban J connectivity index is 2.76. The average Bonchev–Trinajstić information content (AvgIpc) is 2.38. The van der Waals surface area contributed by atoms with Crippen LogP contribution in [0.15, 0.2) is 0 Å². The number of hydrogen-bond acceptors (Lipinski definition) is 5. The third kappa shape index (κ3) is 5.50. The van der Waals surface area contributed by atoms with Crippen molar-refractivity contribution in [3.63, 3.8) is 0 Å². The lowest BCUT2D eigenvalue weighted by Gasteiger charge is -2.20. The van der Waals surface area contributed by atoms with Crippen molar-refractivity contribution in [3.05, 3.63) is 11.4 Å². The van der Waals surface area contributed by atoms with Gasteiger partial charge in [0.1, 0.15) is 18.2 Å². The van der Waals surface area contributed by atoms with Gasteiger partial charge in [0, 0.05) is 19.1 Å². The first-order chi connectivity index (χ1) is 9.75. The lowest BCUT2D eigenvalue weighted by atomic mass is 9.95. The summed E-state index contributed by atoms with van der Waals surface area (Å²) in [4.78, 5) is 9.11. The average molecular weight is 295 g/mol. The van der Waals surface area contributed by atoms with Crippen molar-refractivity contribution in [2.24, 2.45) is 5.92 Å². The number of nitrogens with zero attached hydrogens (tertiary/aromatic N) is 2. The van der Waals surface area contributed by atoms with Crippen LogP contribution in [0.2, 0.25) is 0 Å². The molecule has 0 aliphatic rings. The minimum absolute atomic E-state index is 0.119. The fourth-order valence-electron chi connectivity index (χ4n) is 1.73. The maximum absolute atomic E-state index is 5.78. The van der Waals surface area contributed by atoms with E-state index in [1.54, 1.807) is 0 Å². The van der Waals surface area contributed by atoms with Gasteiger partial charge in [-0.1, -0.05) is 34.6 Å². The summed E-state index contributed by atoms with van der Waals surface area (Å²) in [5.41, 5.74) is 0.806. The van der Waals surface area contributed by atoms with Gasteiger partial charge >= 0.3 is 0 Å². The maximum atomic E-state index is 5.78. The maximum Gasteiger partial charge on any atom is 0.221 e. The van der Waals surface area contributed by atoms with Gasteiger partial charge < -0.3 is 14.8 Å². The molecule has 0 amide bonds. The first-order valence-corrected chi connectivity index (χ1v) is 7.53. The van der Waals surface area contributed by atoms with E-state index in [-0.39, 0.29) is 5.41 Å². The minimum Gasteiger partial charge on any atom is -0.475 e. The summed E-state index contributed by atoms with van der Waals surface area (Å²) in [5.74, 6) is 2.75. The smallest absolute Gasteiger partial charge is 0.221 e. The van der Waals surface area contributed by atoms with Crippen LogP contribution in [0.3, 0.4) is 0 Å². The van der Waals surface area contributed by atoms with Crippen LogP contribution >= 0.6 is 0 Å². The zero-order chi connectivity index (χ0) is 16.0.